The van der Waals surface area contributed by atoms with E-state index in [2.05, 4.69) is 0 Å². The molecule has 2 rings (SSSR count). The van der Waals surface area contributed by atoms with Gasteiger partial charge in [0.05, 0.1) is 6.10 Å². The number of cyclic esters (lactones) is 1. The van der Waals surface area contributed by atoms with Crippen LogP contribution in [0.5, 0.6) is 0 Å². The van der Waals surface area contributed by atoms with E-state index in [0.717, 1.165) is 5.56 Å². The Labute approximate surface area is 93.5 Å². The van der Waals surface area contributed by atoms with Gasteiger partial charge in [-0.15, -0.1) is 0 Å². The predicted octanol–water partition coefficient (Wildman–Crippen LogP) is 0.642. The van der Waals surface area contributed by atoms with E-state index < -0.39 is 24.3 Å². The molecule has 0 saturated carbocycles. The van der Waals surface area contributed by atoms with Gasteiger partial charge in [-0.2, -0.15) is 0 Å². The minimum atomic E-state index is -1.44. The zero-order valence-electron chi connectivity index (χ0n) is 8.91. The topological polar surface area (TPSA) is 66.8 Å². The first kappa shape index (κ1) is 11.1. The highest BCUT2D eigenvalue weighted by Crippen LogP contribution is 2.33. The highest BCUT2D eigenvalue weighted by atomic mass is 16.6. The Morgan fingerprint density at radius 3 is 2.44 bits per heavy atom. The van der Waals surface area contributed by atoms with Crippen molar-refractivity contribution in [1.82, 2.24) is 0 Å². The van der Waals surface area contributed by atoms with Crippen molar-refractivity contribution in [3.8, 4) is 0 Å². The fourth-order valence-electron chi connectivity index (χ4n) is 1.92. The second kappa shape index (κ2) is 4.23. The van der Waals surface area contributed by atoms with Crippen molar-refractivity contribution in [1.29, 1.82) is 0 Å². The molecule has 2 N–H and O–H groups in total. The molecule has 86 valence electrons. The second-order valence-electron chi connectivity index (χ2n) is 4.06. The average molecular weight is 222 g/mol. The molecule has 0 aromatic heterocycles. The lowest BCUT2D eigenvalue weighted by molar-refractivity contribution is -0.190. The number of ether oxygens (including phenoxy) is 1. The van der Waals surface area contributed by atoms with Crippen LogP contribution in [0.4, 0.5) is 0 Å². The molecule has 4 heteroatoms. The van der Waals surface area contributed by atoms with E-state index in [1.54, 1.807) is 6.92 Å². The van der Waals surface area contributed by atoms with E-state index in [9.17, 15) is 15.0 Å². The molecule has 1 aliphatic rings. The smallest absolute Gasteiger partial charge is 0.338 e. The van der Waals surface area contributed by atoms with E-state index in [1.807, 2.05) is 30.3 Å². The number of benzene rings is 1. The highest BCUT2D eigenvalue weighted by molar-refractivity contribution is 5.76. The third kappa shape index (κ3) is 1.81. The molecule has 4 nitrogen and oxygen atoms in total. The predicted molar refractivity (Wildman–Crippen MR) is 56.5 cm³/mol. The van der Waals surface area contributed by atoms with E-state index in [0.29, 0.717) is 0 Å². The zero-order chi connectivity index (χ0) is 11.7. The quantitative estimate of drug-likeness (QED) is 0.684. The summed E-state index contributed by atoms with van der Waals surface area (Å²) in [4.78, 5) is 11.3. The van der Waals surface area contributed by atoms with Crippen molar-refractivity contribution < 1.29 is 19.7 Å². The first-order chi connectivity index (χ1) is 7.61. The Morgan fingerprint density at radius 1 is 1.19 bits per heavy atom. The van der Waals surface area contributed by atoms with Gasteiger partial charge in [0.15, 0.2) is 6.10 Å². The van der Waals surface area contributed by atoms with Gasteiger partial charge in [0, 0.05) is 5.92 Å². The van der Waals surface area contributed by atoms with Crippen LogP contribution in [0.25, 0.3) is 0 Å². The molecule has 1 aromatic rings. The molecule has 1 saturated heterocycles. The molecule has 4 atom stereocenters. The van der Waals surface area contributed by atoms with Crippen molar-refractivity contribution in [2.24, 2.45) is 5.92 Å². The van der Waals surface area contributed by atoms with Gasteiger partial charge >= 0.3 is 5.97 Å². The lowest BCUT2D eigenvalue weighted by atomic mass is 9.87. The summed E-state index contributed by atoms with van der Waals surface area (Å²) < 4.78 is 5.12. The molecule has 0 spiro atoms. The van der Waals surface area contributed by atoms with Gasteiger partial charge in [-0.1, -0.05) is 37.3 Å². The van der Waals surface area contributed by atoms with Crippen LogP contribution >= 0.6 is 0 Å². The third-order valence-corrected chi connectivity index (χ3v) is 2.95. The molecule has 0 bridgehead atoms. The molecular weight excluding hydrogens is 208 g/mol. The maximum absolute atomic E-state index is 11.3. The van der Waals surface area contributed by atoms with Crippen LogP contribution in [0.1, 0.15) is 18.6 Å². The lowest BCUT2D eigenvalue weighted by Gasteiger charge is -2.35. The summed E-state index contributed by atoms with van der Waals surface area (Å²) >= 11 is 0. The molecule has 1 aliphatic heterocycles. The summed E-state index contributed by atoms with van der Waals surface area (Å²) in [5.74, 6) is -1.09. The largest absolute Gasteiger partial charge is 0.455 e. The summed E-state index contributed by atoms with van der Waals surface area (Å²) in [7, 11) is 0. The van der Waals surface area contributed by atoms with Crippen molar-refractivity contribution in [3.63, 3.8) is 0 Å². The Morgan fingerprint density at radius 2 is 1.81 bits per heavy atom. The minimum Gasteiger partial charge on any atom is -0.455 e. The van der Waals surface area contributed by atoms with Crippen LogP contribution in [0.15, 0.2) is 30.3 Å². The maximum Gasteiger partial charge on any atom is 0.338 e. The standard InChI is InChI=1S/C12H14O4/c1-7-9(13)10(14)12(15)16-11(7)8-5-3-2-4-6-8/h2-7,9-11,13-14H,1H3/t7-,9-,10-,11+/m0/s1. The SMILES string of the molecule is C[C@H]1[C@H](O)[C@H](O)C(=O)O[C@H]1c1ccccc1. The van der Waals surface area contributed by atoms with Crippen LogP contribution in [0.2, 0.25) is 0 Å². The number of esters is 1. The normalized spacial score (nSPS) is 34.6. The van der Waals surface area contributed by atoms with Gasteiger partial charge in [-0.25, -0.2) is 4.79 Å². The number of aliphatic hydroxyl groups is 2. The summed E-state index contributed by atoms with van der Waals surface area (Å²) in [6, 6.07) is 9.21. The van der Waals surface area contributed by atoms with Crippen LogP contribution in [0, 0.1) is 5.92 Å². The molecule has 1 aromatic carbocycles. The first-order valence-corrected chi connectivity index (χ1v) is 5.23. The Bertz CT molecular complexity index is 376. The van der Waals surface area contributed by atoms with Crippen LogP contribution in [-0.2, 0) is 9.53 Å². The summed E-state index contributed by atoms with van der Waals surface area (Å²) in [6.45, 7) is 1.75. The maximum atomic E-state index is 11.3. The Balaban J connectivity index is 2.26. The first-order valence-electron chi connectivity index (χ1n) is 5.23. The van der Waals surface area contributed by atoms with Crippen LogP contribution in [0.3, 0.4) is 0 Å². The molecule has 0 unspecified atom stereocenters. The number of carbonyl (C=O) groups is 1. The van der Waals surface area contributed by atoms with Gasteiger partial charge in [-0.05, 0) is 5.56 Å². The van der Waals surface area contributed by atoms with Crippen molar-refractivity contribution in [2.75, 3.05) is 0 Å². The second-order valence-corrected chi connectivity index (χ2v) is 4.06. The van der Waals surface area contributed by atoms with E-state index in [4.69, 9.17) is 4.74 Å². The van der Waals surface area contributed by atoms with Gasteiger partial charge in [0.25, 0.3) is 0 Å². The van der Waals surface area contributed by atoms with Gasteiger partial charge in [0.1, 0.15) is 6.10 Å². The van der Waals surface area contributed by atoms with Crippen LogP contribution in [-0.4, -0.2) is 28.4 Å². The molecule has 0 radical (unpaired) electrons. The molecule has 0 aliphatic carbocycles. The number of carbonyl (C=O) groups excluding carboxylic acids is 1. The lowest BCUT2D eigenvalue weighted by Crippen LogP contribution is -2.47. The van der Waals surface area contributed by atoms with E-state index in [1.165, 1.54) is 0 Å². The Hall–Kier alpha value is -1.39. The van der Waals surface area contributed by atoms with Crippen LogP contribution < -0.4 is 0 Å². The fraction of sp³-hybridized carbons (Fsp3) is 0.417. The van der Waals surface area contributed by atoms with Gasteiger partial charge in [-0.3, -0.25) is 0 Å². The summed E-state index contributed by atoms with van der Waals surface area (Å²) in [5.41, 5.74) is 0.828. The minimum absolute atomic E-state index is 0.324. The summed E-state index contributed by atoms with van der Waals surface area (Å²) in [5, 5.41) is 19.1. The van der Waals surface area contributed by atoms with Gasteiger partial charge < -0.3 is 14.9 Å². The molecule has 16 heavy (non-hydrogen) atoms. The average Bonchev–Trinajstić information content (AvgIpc) is 2.32. The third-order valence-electron chi connectivity index (χ3n) is 2.95. The number of hydrogen-bond acceptors (Lipinski definition) is 4. The van der Waals surface area contributed by atoms with Gasteiger partial charge in [0.2, 0.25) is 0 Å². The Kier molecular flexibility index (Phi) is 2.94. The van der Waals surface area contributed by atoms with E-state index in [-0.39, 0.29) is 5.92 Å². The highest BCUT2D eigenvalue weighted by Gasteiger charge is 2.42. The monoisotopic (exact) mass is 222 g/mol. The van der Waals surface area contributed by atoms with Crippen molar-refractivity contribution >= 4 is 5.97 Å². The van der Waals surface area contributed by atoms with E-state index >= 15 is 0 Å². The fourth-order valence-corrected chi connectivity index (χ4v) is 1.92. The number of hydrogen-bond donors (Lipinski definition) is 2. The number of aliphatic hydroxyl groups excluding tert-OH is 2. The molecule has 1 fully saturated rings. The molecule has 1 heterocycles. The summed E-state index contributed by atoms with van der Waals surface area (Å²) in [6.07, 6.45) is -3.01. The number of rotatable bonds is 1. The van der Waals surface area contributed by atoms with Crippen molar-refractivity contribution in [3.05, 3.63) is 35.9 Å². The zero-order valence-corrected chi connectivity index (χ0v) is 8.91. The van der Waals surface area contributed by atoms with Crippen molar-refractivity contribution in [2.45, 2.75) is 25.2 Å². The molecular formula is C12H14O4. The molecule has 0 amide bonds.